The lowest BCUT2D eigenvalue weighted by molar-refractivity contribution is -0.346. The van der Waals surface area contributed by atoms with Crippen molar-refractivity contribution in [2.45, 2.75) is 141 Å². The van der Waals surface area contributed by atoms with Crippen LogP contribution in [-0.4, -0.2) is 145 Å². The number of amides is 2. The van der Waals surface area contributed by atoms with Gasteiger partial charge in [0.25, 0.3) is 5.91 Å². The van der Waals surface area contributed by atoms with Crippen LogP contribution in [0.1, 0.15) is 119 Å². The van der Waals surface area contributed by atoms with Crippen molar-refractivity contribution in [1.82, 2.24) is 10.6 Å². The van der Waals surface area contributed by atoms with Gasteiger partial charge in [-0.25, -0.2) is 9.59 Å². The van der Waals surface area contributed by atoms with Gasteiger partial charge >= 0.3 is 29.8 Å². The van der Waals surface area contributed by atoms with Crippen molar-refractivity contribution in [3.8, 4) is 0 Å². The number of rotatable bonds is 23. The molecular formula is C59H72N2O18. The average Bonchev–Trinajstić information content (AvgIpc) is 3.61. The fraction of sp³-hybridized carbons (Fsp3) is 0.525. The number of aliphatic hydroxyl groups is 2. The number of hydrogen-bond donors (Lipinski definition) is 4. The highest BCUT2D eigenvalue weighted by Gasteiger charge is 2.78. The third-order valence-electron chi connectivity index (χ3n) is 15.8. The van der Waals surface area contributed by atoms with E-state index < -0.39 is 119 Å². The van der Waals surface area contributed by atoms with Crippen LogP contribution in [0.15, 0.2) is 102 Å². The first kappa shape index (κ1) is 59.8. The Labute approximate surface area is 459 Å². The first-order valence-electron chi connectivity index (χ1n) is 26.7. The van der Waals surface area contributed by atoms with Gasteiger partial charge in [0.1, 0.15) is 30.0 Å². The summed E-state index contributed by atoms with van der Waals surface area (Å²) in [6.45, 7) is 11.7. The van der Waals surface area contributed by atoms with Crippen LogP contribution in [0.2, 0.25) is 0 Å². The zero-order valence-corrected chi connectivity index (χ0v) is 45.7. The average molecular weight is 1100 g/mol. The number of Topliss-reactive ketones (excluding diaryl/α,β-unsaturated/α-hetero) is 1. The van der Waals surface area contributed by atoms with E-state index in [0.29, 0.717) is 25.4 Å². The van der Waals surface area contributed by atoms with E-state index in [1.165, 1.54) is 26.0 Å². The number of hydrogen-bond acceptors (Lipinski definition) is 18. The Balaban J connectivity index is 1.30. The molecule has 20 nitrogen and oxygen atoms in total. The molecule has 4 N–H and O–H groups in total. The monoisotopic (exact) mass is 1100 g/mol. The van der Waals surface area contributed by atoms with E-state index in [1.54, 1.807) is 92.7 Å². The van der Waals surface area contributed by atoms with E-state index in [9.17, 15) is 39.0 Å². The van der Waals surface area contributed by atoms with E-state index in [2.05, 4.69) is 10.6 Å². The molecule has 426 valence electrons. The second kappa shape index (κ2) is 25.5. The van der Waals surface area contributed by atoms with E-state index in [-0.39, 0.29) is 73.6 Å². The summed E-state index contributed by atoms with van der Waals surface area (Å²) in [6.07, 6.45) is -10.6. The number of esters is 5. The normalized spacial score (nSPS) is 27.4. The molecule has 4 aliphatic rings. The minimum Gasteiger partial charge on any atom is -0.455 e. The summed E-state index contributed by atoms with van der Waals surface area (Å²) >= 11 is 0. The standard InChI is InChI=1S/C59H72N2O18/c1-8-28-72-30-31-73-29-27-60-44(65)25-18-26-45(66)77-49(47(38-19-12-9-13-20-38)61-53(68)39-21-14-10-15-22-39)55(70)76-41-33-59(71)52(78-54(69)40-23-16-11-17-24-40)50-57(7,42(64)32-43-58(50,34-74-43)79-37(4)63)51(67)48(75-36(3)62)46(35(41)2)56(59,5)6/h9-17,19-24,41-43,47-50,52,64,71H,8,18,25-34H2,1-7H3,(H,60,65)(H,61,68)/t41?,42-,43+,47?,48+,49+,50-,52-,57+,58-,59+/m0/s1. The molecular weight excluding hydrogens is 1020 g/mol. The first-order chi connectivity index (χ1) is 37.6. The molecule has 3 aromatic rings. The van der Waals surface area contributed by atoms with Gasteiger partial charge in [-0.2, -0.15) is 0 Å². The molecule has 79 heavy (non-hydrogen) atoms. The molecule has 3 fully saturated rings. The van der Waals surface area contributed by atoms with Gasteiger partial charge in [-0.3, -0.25) is 28.8 Å². The second-order valence-corrected chi connectivity index (χ2v) is 21.2. The van der Waals surface area contributed by atoms with Crippen molar-refractivity contribution in [1.29, 1.82) is 0 Å². The molecule has 2 saturated carbocycles. The molecule has 2 bridgehead atoms. The first-order valence-corrected chi connectivity index (χ1v) is 26.7. The van der Waals surface area contributed by atoms with Gasteiger partial charge in [-0.15, -0.1) is 0 Å². The Morgan fingerprint density at radius 2 is 1.41 bits per heavy atom. The lowest BCUT2D eigenvalue weighted by Crippen LogP contribution is -2.82. The number of carbonyl (C=O) groups is 8. The summed E-state index contributed by atoms with van der Waals surface area (Å²) in [5.41, 5.74) is -7.61. The third-order valence-corrected chi connectivity index (χ3v) is 15.8. The highest BCUT2D eigenvalue weighted by Crippen LogP contribution is 2.64. The van der Waals surface area contributed by atoms with Crippen LogP contribution in [0.5, 0.6) is 0 Å². The van der Waals surface area contributed by atoms with Crippen LogP contribution in [-0.2, 0) is 66.7 Å². The van der Waals surface area contributed by atoms with Gasteiger partial charge in [0.2, 0.25) is 12.0 Å². The summed E-state index contributed by atoms with van der Waals surface area (Å²) < 4.78 is 47.8. The third kappa shape index (κ3) is 12.6. The van der Waals surface area contributed by atoms with Crippen LogP contribution >= 0.6 is 0 Å². The number of ketones is 1. The summed E-state index contributed by atoms with van der Waals surface area (Å²) in [5.74, 6) is -8.46. The summed E-state index contributed by atoms with van der Waals surface area (Å²) in [7, 11) is 0. The number of nitrogens with one attached hydrogen (secondary N) is 2. The minimum absolute atomic E-state index is 0.00928. The lowest BCUT2D eigenvalue weighted by atomic mass is 9.44. The molecule has 0 spiro atoms. The molecule has 0 aromatic heterocycles. The van der Waals surface area contributed by atoms with Gasteiger partial charge in [-0.05, 0) is 67.7 Å². The smallest absolute Gasteiger partial charge is 0.350 e. The van der Waals surface area contributed by atoms with Crippen molar-refractivity contribution in [3.63, 3.8) is 0 Å². The molecule has 3 aromatic carbocycles. The number of ether oxygens (including phenoxy) is 8. The molecule has 2 amide bonds. The fourth-order valence-corrected chi connectivity index (χ4v) is 11.7. The zero-order chi connectivity index (χ0) is 57.3. The Bertz CT molecular complexity index is 2740. The molecule has 1 aliphatic heterocycles. The topological polar surface area (TPSA) is 275 Å². The molecule has 11 atom stereocenters. The fourth-order valence-electron chi connectivity index (χ4n) is 11.7. The van der Waals surface area contributed by atoms with Crippen molar-refractivity contribution in [2.24, 2.45) is 16.7 Å². The van der Waals surface area contributed by atoms with Gasteiger partial charge in [0.05, 0.1) is 49.4 Å². The molecule has 0 radical (unpaired) electrons. The molecule has 3 aliphatic carbocycles. The molecule has 20 heteroatoms. The van der Waals surface area contributed by atoms with E-state index in [1.807, 2.05) is 6.92 Å². The van der Waals surface area contributed by atoms with Crippen LogP contribution in [0.25, 0.3) is 0 Å². The van der Waals surface area contributed by atoms with Crippen LogP contribution < -0.4 is 10.6 Å². The molecule has 7 rings (SSSR count). The van der Waals surface area contributed by atoms with Crippen LogP contribution in [0.3, 0.4) is 0 Å². The Morgan fingerprint density at radius 3 is 2.00 bits per heavy atom. The predicted molar refractivity (Wildman–Crippen MR) is 280 cm³/mol. The number of fused-ring (bicyclic) bond motifs is 5. The van der Waals surface area contributed by atoms with E-state index in [4.69, 9.17) is 37.9 Å². The molecule has 1 heterocycles. The molecule has 1 saturated heterocycles. The number of carbonyl (C=O) groups excluding carboxylic acids is 8. The zero-order valence-electron chi connectivity index (χ0n) is 45.7. The van der Waals surface area contributed by atoms with Crippen molar-refractivity contribution < 1.29 is 86.5 Å². The number of aliphatic hydroxyl groups excluding tert-OH is 1. The highest BCUT2D eigenvalue weighted by molar-refractivity contribution is 5.96. The van der Waals surface area contributed by atoms with E-state index >= 15 is 9.59 Å². The van der Waals surface area contributed by atoms with Crippen molar-refractivity contribution >= 4 is 47.4 Å². The SMILES string of the molecule is CCCOCCOCCNC(=O)CCCC(=O)O[C@@H](C(=O)OC1C[C@@]2(O)[C@@H](OC(=O)c3ccccc3)[C@@H]3[C@]4(OC(C)=O)CO[C@@H]4C[C@H](O)[C@@]3(C)C(=O)[C@H](OC(C)=O)C(=C1C)C2(C)C)C(NC(=O)c1ccccc1)c1ccccc1. The van der Waals surface area contributed by atoms with Crippen molar-refractivity contribution in [3.05, 3.63) is 119 Å². The maximum absolute atomic E-state index is 15.8. The maximum Gasteiger partial charge on any atom is 0.350 e. The largest absolute Gasteiger partial charge is 0.455 e. The van der Waals surface area contributed by atoms with Gasteiger partial charge in [-0.1, -0.05) is 87.5 Å². The quantitative estimate of drug-likeness (QED) is 0.0420. The van der Waals surface area contributed by atoms with Crippen LogP contribution in [0, 0.1) is 16.7 Å². The summed E-state index contributed by atoms with van der Waals surface area (Å²) in [4.78, 5) is 113. The van der Waals surface area contributed by atoms with Crippen LogP contribution in [0.4, 0.5) is 0 Å². The second-order valence-electron chi connectivity index (χ2n) is 21.2. The Morgan fingerprint density at radius 1 is 0.785 bits per heavy atom. The van der Waals surface area contributed by atoms with Gasteiger partial charge in [0, 0.05) is 63.7 Å². The summed E-state index contributed by atoms with van der Waals surface area (Å²) in [6, 6.07) is 22.6. The van der Waals surface area contributed by atoms with Gasteiger partial charge in [0.15, 0.2) is 17.5 Å². The van der Waals surface area contributed by atoms with Crippen molar-refractivity contribution in [2.75, 3.05) is 39.6 Å². The van der Waals surface area contributed by atoms with Gasteiger partial charge < -0.3 is 58.7 Å². The molecule has 2 unspecified atom stereocenters. The highest BCUT2D eigenvalue weighted by atomic mass is 16.6. The Hall–Kier alpha value is -6.84. The Kier molecular flexibility index (Phi) is 19.3. The minimum atomic E-state index is -2.49. The summed E-state index contributed by atoms with van der Waals surface area (Å²) in [5, 5.41) is 31.8. The lowest BCUT2D eigenvalue weighted by Gasteiger charge is -2.67. The predicted octanol–water partition coefficient (Wildman–Crippen LogP) is 5.02. The van der Waals surface area contributed by atoms with E-state index in [0.717, 1.165) is 20.3 Å². The number of benzene rings is 3. The maximum atomic E-state index is 15.8.